The van der Waals surface area contributed by atoms with E-state index in [0.29, 0.717) is 22.9 Å². The predicted octanol–water partition coefficient (Wildman–Crippen LogP) is 2.29. The van der Waals surface area contributed by atoms with Gasteiger partial charge in [0.2, 0.25) is 0 Å². The minimum absolute atomic E-state index is 0.0917. The van der Waals surface area contributed by atoms with Gasteiger partial charge in [-0.15, -0.1) is 0 Å². The maximum Gasteiger partial charge on any atom is 0.164 e. The van der Waals surface area contributed by atoms with Gasteiger partial charge in [0, 0.05) is 17.3 Å². The van der Waals surface area contributed by atoms with E-state index in [9.17, 15) is 9.18 Å². The fraction of sp³-hybridized carbons (Fsp3) is 0.300. The lowest BCUT2D eigenvalue weighted by molar-refractivity contribution is 0.0987. The highest BCUT2D eigenvalue weighted by Gasteiger charge is 2.10. The Morgan fingerprint density at radius 3 is 2.79 bits per heavy atom. The number of aliphatic hydroxyl groups excluding tert-OH is 1. The zero-order valence-corrected chi connectivity index (χ0v) is 9.05. The van der Waals surface area contributed by atoms with Crippen molar-refractivity contribution in [2.75, 3.05) is 5.33 Å². The molecule has 0 bridgehead atoms. The van der Waals surface area contributed by atoms with E-state index in [1.165, 1.54) is 18.2 Å². The molecule has 0 aliphatic rings. The Hall–Kier alpha value is -0.740. The number of halogens is 2. The second-order valence-corrected chi connectivity index (χ2v) is 3.61. The Kier molecular flexibility index (Phi) is 4.22. The molecular weight excluding hydrogens is 251 g/mol. The molecule has 0 spiro atoms. The third-order valence-corrected chi connectivity index (χ3v) is 2.26. The molecule has 1 aromatic rings. The number of aliphatic hydroxyl groups is 1. The van der Waals surface area contributed by atoms with Gasteiger partial charge in [0.05, 0.1) is 6.61 Å². The molecule has 76 valence electrons. The lowest BCUT2D eigenvalue weighted by Gasteiger charge is -2.05. The van der Waals surface area contributed by atoms with Gasteiger partial charge >= 0.3 is 0 Å². The van der Waals surface area contributed by atoms with Crippen LogP contribution in [0.15, 0.2) is 18.2 Å². The molecule has 2 nitrogen and oxygen atoms in total. The second-order valence-electron chi connectivity index (χ2n) is 2.82. The van der Waals surface area contributed by atoms with Crippen molar-refractivity contribution in [3.63, 3.8) is 0 Å². The maximum absolute atomic E-state index is 12.8. The first-order chi connectivity index (χ1) is 6.69. The number of hydrogen-bond acceptors (Lipinski definition) is 2. The van der Waals surface area contributed by atoms with Crippen molar-refractivity contribution in [3.05, 3.63) is 35.1 Å². The van der Waals surface area contributed by atoms with E-state index in [1.807, 2.05) is 0 Å². The molecule has 1 aromatic carbocycles. The molecule has 14 heavy (non-hydrogen) atoms. The summed E-state index contributed by atoms with van der Waals surface area (Å²) in [6.45, 7) is -0.318. The van der Waals surface area contributed by atoms with Gasteiger partial charge in [0.25, 0.3) is 0 Å². The zero-order chi connectivity index (χ0) is 10.6. The lowest BCUT2D eigenvalue weighted by Crippen LogP contribution is -2.04. The Balaban J connectivity index is 3.01. The van der Waals surface area contributed by atoms with Crippen molar-refractivity contribution in [3.8, 4) is 0 Å². The van der Waals surface area contributed by atoms with Crippen LogP contribution in [0.25, 0.3) is 0 Å². The van der Waals surface area contributed by atoms with Gasteiger partial charge in [-0.3, -0.25) is 4.79 Å². The second kappa shape index (κ2) is 5.22. The summed E-state index contributed by atoms with van der Waals surface area (Å²) >= 11 is 3.15. The number of benzene rings is 1. The molecule has 4 heteroatoms. The van der Waals surface area contributed by atoms with Gasteiger partial charge in [-0.2, -0.15) is 0 Å². The largest absolute Gasteiger partial charge is 0.392 e. The highest BCUT2D eigenvalue weighted by Crippen LogP contribution is 2.14. The Morgan fingerprint density at radius 1 is 1.50 bits per heavy atom. The summed E-state index contributed by atoms with van der Waals surface area (Å²) in [5.41, 5.74) is 0.740. The van der Waals surface area contributed by atoms with Crippen molar-refractivity contribution < 1.29 is 14.3 Å². The molecule has 0 aliphatic carbocycles. The molecule has 0 saturated carbocycles. The van der Waals surface area contributed by atoms with Gasteiger partial charge in [-0.25, -0.2) is 4.39 Å². The molecule has 0 unspecified atom stereocenters. The first kappa shape index (κ1) is 11.3. The van der Waals surface area contributed by atoms with E-state index < -0.39 is 5.82 Å². The summed E-state index contributed by atoms with van der Waals surface area (Å²) in [4.78, 5) is 11.5. The molecule has 0 heterocycles. The summed E-state index contributed by atoms with van der Waals surface area (Å²) in [7, 11) is 0. The van der Waals surface area contributed by atoms with E-state index in [2.05, 4.69) is 15.9 Å². The molecule has 0 fully saturated rings. The number of carbonyl (C=O) groups is 1. The summed E-state index contributed by atoms with van der Waals surface area (Å²) < 4.78 is 12.8. The number of carbonyl (C=O) groups excluding carboxylic acids is 1. The number of Topliss-reactive ketones (excluding diaryl/α,β-unsaturated/α-hetero) is 1. The molecule has 0 atom stereocenters. The fourth-order valence-corrected chi connectivity index (χ4v) is 1.55. The lowest BCUT2D eigenvalue weighted by atomic mass is 10.0. The first-order valence-corrected chi connectivity index (χ1v) is 5.29. The van der Waals surface area contributed by atoms with Crippen molar-refractivity contribution in [2.24, 2.45) is 0 Å². The van der Waals surface area contributed by atoms with E-state index >= 15 is 0 Å². The molecule has 1 N–H and O–H groups in total. The van der Waals surface area contributed by atoms with Gasteiger partial charge in [0.1, 0.15) is 5.82 Å². The highest BCUT2D eigenvalue weighted by molar-refractivity contribution is 9.09. The smallest absolute Gasteiger partial charge is 0.164 e. The van der Waals surface area contributed by atoms with Crippen molar-refractivity contribution in [1.29, 1.82) is 0 Å². The normalized spacial score (nSPS) is 10.2. The molecule has 0 aliphatic heterocycles. The topological polar surface area (TPSA) is 37.3 Å². The third kappa shape index (κ3) is 2.62. The standard InChI is InChI=1S/C10H10BrFO2/c11-4-3-10(14)9-2-1-8(12)5-7(9)6-13/h1-2,5,13H,3-4,6H2. The zero-order valence-electron chi connectivity index (χ0n) is 7.46. The Morgan fingerprint density at radius 2 is 2.21 bits per heavy atom. The molecule has 0 aromatic heterocycles. The van der Waals surface area contributed by atoms with Gasteiger partial charge in [-0.1, -0.05) is 15.9 Å². The predicted molar refractivity (Wildman–Crippen MR) is 55.1 cm³/mol. The van der Waals surface area contributed by atoms with Crippen molar-refractivity contribution >= 4 is 21.7 Å². The summed E-state index contributed by atoms with van der Waals surface area (Å²) in [6.07, 6.45) is 0.346. The maximum atomic E-state index is 12.8. The molecular formula is C10H10BrFO2. The third-order valence-electron chi connectivity index (χ3n) is 1.86. The van der Waals surface area contributed by atoms with Crippen LogP contribution < -0.4 is 0 Å². The van der Waals surface area contributed by atoms with Gasteiger partial charge in [0.15, 0.2) is 5.78 Å². The van der Waals surface area contributed by atoms with Crippen LogP contribution >= 0.6 is 15.9 Å². The van der Waals surface area contributed by atoms with Crippen LogP contribution in [0.3, 0.4) is 0 Å². The number of ketones is 1. The minimum Gasteiger partial charge on any atom is -0.392 e. The van der Waals surface area contributed by atoms with Crippen LogP contribution in [0.1, 0.15) is 22.3 Å². The minimum atomic E-state index is -0.440. The molecule has 0 amide bonds. The van der Waals surface area contributed by atoms with Gasteiger partial charge in [-0.05, 0) is 23.8 Å². The Labute approximate surface area is 89.9 Å². The number of alkyl halides is 1. The SMILES string of the molecule is O=C(CCBr)c1ccc(F)cc1CO. The first-order valence-electron chi connectivity index (χ1n) is 4.17. The number of rotatable bonds is 4. The average molecular weight is 261 g/mol. The Bertz CT molecular complexity index is 339. The van der Waals surface area contributed by atoms with Crippen LogP contribution in [0.5, 0.6) is 0 Å². The fourth-order valence-electron chi connectivity index (χ4n) is 1.19. The van der Waals surface area contributed by atoms with Crippen LogP contribution in [0.4, 0.5) is 4.39 Å². The molecule has 1 rings (SSSR count). The van der Waals surface area contributed by atoms with E-state index in [-0.39, 0.29) is 12.4 Å². The summed E-state index contributed by atoms with van der Waals surface area (Å²) in [6, 6.07) is 3.81. The molecule has 0 saturated heterocycles. The van der Waals surface area contributed by atoms with E-state index in [1.54, 1.807) is 0 Å². The molecule has 0 radical (unpaired) electrons. The quantitative estimate of drug-likeness (QED) is 0.667. The van der Waals surface area contributed by atoms with Crippen LogP contribution in [0, 0.1) is 5.82 Å². The highest BCUT2D eigenvalue weighted by atomic mass is 79.9. The summed E-state index contributed by atoms with van der Waals surface area (Å²) in [5, 5.41) is 9.49. The van der Waals surface area contributed by atoms with Crippen LogP contribution in [-0.4, -0.2) is 16.2 Å². The van der Waals surface area contributed by atoms with Crippen LogP contribution in [0.2, 0.25) is 0 Å². The van der Waals surface area contributed by atoms with E-state index in [4.69, 9.17) is 5.11 Å². The van der Waals surface area contributed by atoms with Gasteiger partial charge < -0.3 is 5.11 Å². The summed E-state index contributed by atoms with van der Waals surface area (Å²) in [5.74, 6) is -0.532. The van der Waals surface area contributed by atoms with Crippen LogP contribution in [-0.2, 0) is 6.61 Å². The van der Waals surface area contributed by atoms with E-state index in [0.717, 1.165) is 0 Å². The number of hydrogen-bond donors (Lipinski definition) is 1. The average Bonchev–Trinajstić information content (AvgIpc) is 2.17. The van der Waals surface area contributed by atoms with Crippen molar-refractivity contribution in [2.45, 2.75) is 13.0 Å². The monoisotopic (exact) mass is 260 g/mol. The van der Waals surface area contributed by atoms with Crippen molar-refractivity contribution in [1.82, 2.24) is 0 Å².